The molecule has 2 heterocycles. The van der Waals surface area contributed by atoms with Crippen molar-refractivity contribution >= 4 is 27.5 Å². The minimum absolute atomic E-state index is 0.541. The number of nitrogens with zero attached hydrogens (tertiary/aromatic N) is 2. The van der Waals surface area contributed by atoms with Crippen LogP contribution in [0, 0.1) is 0 Å². The van der Waals surface area contributed by atoms with E-state index in [4.69, 9.17) is 4.42 Å². The van der Waals surface area contributed by atoms with Gasteiger partial charge in [-0.1, -0.05) is 12.1 Å². The Kier molecular flexibility index (Phi) is 3.96. The highest BCUT2D eigenvalue weighted by molar-refractivity contribution is 7.84. The molecule has 0 saturated carbocycles. The number of fused-ring (bicyclic) bond motifs is 1. The lowest BCUT2D eigenvalue weighted by Crippen LogP contribution is -2.11. The van der Waals surface area contributed by atoms with E-state index in [0.717, 1.165) is 16.7 Å². The number of rotatable bonds is 5. The van der Waals surface area contributed by atoms with Gasteiger partial charge >= 0.3 is 0 Å². The van der Waals surface area contributed by atoms with E-state index >= 15 is 0 Å². The van der Waals surface area contributed by atoms with E-state index in [1.165, 1.54) is 0 Å². The number of furan rings is 1. The average molecular weight is 301 g/mol. The highest BCUT2D eigenvalue weighted by Gasteiger charge is 2.10. The fraction of sp³-hybridized carbons (Fsp3) is 0.200. The second kappa shape index (κ2) is 6.05. The van der Waals surface area contributed by atoms with Crippen LogP contribution in [0.5, 0.6) is 0 Å². The predicted octanol–water partition coefficient (Wildman–Crippen LogP) is 2.68. The molecule has 1 atom stereocenters. The van der Waals surface area contributed by atoms with E-state index in [9.17, 15) is 4.21 Å². The Bertz CT molecular complexity index is 772. The van der Waals surface area contributed by atoms with Gasteiger partial charge in [-0.05, 0) is 24.3 Å². The zero-order chi connectivity index (χ0) is 14.7. The van der Waals surface area contributed by atoms with Crippen LogP contribution in [0.3, 0.4) is 0 Å². The summed E-state index contributed by atoms with van der Waals surface area (Å²) in [6.45, 7) is 0.599. The molecule has 0 aliphatic heterocycles. The van der Waals surface area contributed by atoms with Crippen molar-refractivity contribution in [2.75, 3.05) is 23.9 Å². The summed E-state index contributed by atoms with van der Waals surface area (Å²) < 4.78 is 16.5. The Morgan fingerprint density at radius 1 is 1.19 bits per heavy atom. The third-order valence-corrected chi connectivity index (χ3v) is 3.81. The van der Waals surface area contributed by atoms with Crippen molar-refractivity contribution in [2.24, 2.45) is 0 Å². The molecule has 0 aliphatic rings. The maximum atomic E-state index is 11.2. The standard InChI is InChI=1S/C15H15N3O2S/c1-21(19)10-8-16-14-11-5-2-3-6-12(11)17-15(18-14)13-7-4-9-20-13/h2-7,9H,8,10H2,1H3,(H,16,17,18). The zero-order valence-electron chi connectivity index (χ0n) is 11.6. The fourth-order valence-corrected chi connectivity index (χ4v) is 2.43. The van der Waals surface area contributed by atoms with Gasteiger partial charge in [-0.15, -0.1) is 0 Å². The van der Waals surface area contributed by atoms with Gasteiger partial charge in [0.25, 0.3) is 0 Å². The normalized spacial score (nSPS) is 12.4. The molecule has 0 radical (unpaired) electrons. The van der Waals surface area contributed by atoms with Gasteiger partial charge < -0.3 is 9.73 Å². The molecule has 2 aromatic heterocycles. The number of aromatic nitrogens is 2. The molecule has 0 bridgehead atoms. The van der Waals surface area contributed by atoms with E-state index in [1.54, 1.807) is 18.6 Å². The molecule has 1 unspecified atom stereocenters. The number of nitrogens with one attached hydrogen (secondary N) is 1. The molecule has 0 spiro atoms. The van der Waals surface area contributed by atoms with Gasteiger partial charge in [0.05, 0.1) is 11.8 Å². The summed E-state index contributed by atoms with van der Waals surface area (Å²) in [5.41, 5.74) is 0.846. The predicted molar refractivity (Wildman–Crippen MR) is 84.7 cm³/mol. The van der Waals surface area contributed by atoms with Crippen LogP contribution in [-0.2, 0) is 10.8 Å². The highest BCUT2D eigenvalue weighted by atomic mass is 32.2. The fourth-order valence-electron chi connectivity index (χ4n) is 2.04. The maximum Gasteiger partial charge on any atom is 0.198 e. The lowest BCUT2D eigenvalue weighted by atomic mass is 10.2. The summed E-state index contributed by atoms with van der Waals surface area (Å²) >= 11 is 0. The quantitative estimate of drug-likeness (QED) is 0.784. The van der Waals surface area contributed by atoms with E-state index in [2.05, 4.69) is 15.3 Å². The third kappa shape index (κ3) is 3.11. The Balaban J connectivity index is 2.01. The van der Waals surface area contributed by atoms with E-state index in [0.29, 0.717) is 23.9 Å². The van der Waals surface area contributed by atoms with Crippen LogP contribution in [0.2, 0.25) is 0 Å². The van der Waals surface area contributed by atoms with Gasteiger partial charge in [0, 0.05) is 34.7 Å². The molecular weight excluding hydrogens is 286 g/mol. The highest BCUT2D eigenvalue weighted by Crippen LogP contribution is 2.24. The van der Waals surface area contributed by atoms with Crippen molar-refractivity contribution in [1.29, 1.82) is 0 Å². The lowest BCUT2D eigenvalue weighted by Gasteiger charge is -2.09. The number of benzene rings is 1. The molecule has 0 aliphatic carbocycles. The molecular formula is C15H15N3O2S. The first-order chi connectivity index (χ1) is 10.2. The largest absolute Gasteiger partial charge is 0.461 e. The van der Waals surface area contributed by atoms with Crippen LogP contribution in [-0.4, -0.2) is 32.7 Å². The molecule has 5 nitrogen and oxygen atoms in total. The molecule has 108 valence electrons. The molecule has 3 rings (SSSR count). The summed E-state index contributed by atoms with van der Waals surface area (Å²) in [6, 6.07) is 11.4. The number of para-hydroxylation sites is 1. The van der Waals surface area contributed by atoms with Crippen molar-refractivity contribution in [2.45, 2.75) is 0 Å². The smallest absolute Gasteiger partial charge is 0.198 e. The molecule has 6 heteroatoms. The Labute approximate surface area is 124 Å². The third-order valence-electron chi connectivity index (χ3n) is 3.03. The average Bonchev–Trinajstić information content (AvgIpc) is 3.01. The topological polar surface area (TPSA) is 68.0 Å². The maximum absolute atomic E-state index is 11.2. The van der Waals surface area contributed by atoms with Crippen LogP contribution in [0.4, 0.5) is 5.82 Å². The SMILES string of the molecule is CS(=O)CCNc1nc(-c2ccco2)nc2ccccc12. The van der Waals surface area contributed by atoms with Crippen molar-refractivity contribution in [3.63, 3.8) is 0 Å². The first-order valence-corrected chi connectivity index (χ1v) is 8.31. The lowest BCUT2D eigenvalue weighted by molar-refractivity contribution is 0.577. The summed E-state index contributed by atoms with van der Waals surface area (Å²) in [6.07, 6.45) is 3.29. The van der Waals surface area contributed by atoms with Crippen molar-refractivity contribution in [3.05, 3.63) is 42.7 Å². The first kappa shape index (κ1) is 13.8. The summed E-state index contributed by atoms with van der Waals surface area (Å²) in [4.78, 5) is 9.04. The summed E-state index contributed by atoms with van der Waals surface area (Å²) in [5.74, 6) is 2.48. The minimum Gasteiger partial charge on any atom is -0.461 e. The van der Waals surface area contributed by atoms with Gasteiger partial charge in [-0.25, -0.2) is 9.97 Å². The Hall–Kier alpha value is -2.21. The van der Waals surface area contributed by atoms with Gasteiger partial charge in [-0.2, -0.15) is 0 Å². The molecule has 1 N–H and O–H groups in total. The molecule has 21 heavy (non-hydrogen) atoms. The number of anilines is 1. The second-order valence-corrected chi connectivity index (χ2v) is 6.15. The van der Waals surface area contributed by atoms with Crippen molar-refractivity contribution in [3.8, 4) is 11.6 Å². The molecule has 1 aromatic carbocycles. The van der Waals surface area contributed by atoms with Crippen molar-refractivity contribution < 1.29 is 8.63 Å². The first-order valence-electron chi connectivity index (χ1n) is 6.58. The van der Waals surface area contributed by atoms with Crippen LogP contribution in [0.1, 0.15) is 0 Å². The molecule has 0 fully saturated rings. The summed E-state index contributed by atoms with van der Waals surface area (Å²) in [5, 5.41) is 4.18. The van der Waals surface area contributed by atoms with Crippen molar-refractivity contribution in [1.82, 2.24) is 9.97 Å². The monoisotopic (exact) mass is 301 g/mol. The number of hydrogen-bond acceptors (Lipinski definition) is 5. The second-order valence-electron chi connectivity index (χ2n) is 4.59. The van der Waals surface area contributed by atoms with Crippen LogP contribution >= 0.6 is 0 Å². The van der Waals surface area contributed by atoms with E-state index in [1.807, 2.05) is 30.3 Å². The van der Waals surface area contributed by atoms with Gasteiger partial charge in [0.15, 0.2) is 11.6 Å². The Morgan fingerprint density at radius 2 is 2.05 bits per heavy atom. The summed E-state index contributed by atoms with van der Waals surface area (Å²) in [7, 11) is -0.832. The van der Waals surface area contributed by atoms with Crippen LogP contribution in [0.15, 0.2) is 47.1 Å². The Morgan fingerprint density at radius 3 is 2.81 bits per heavy atom. The van der Waals surface area contributed by atoms with E-state index in [-0.39, 0.29) is 0 Å². The zero-order valence-corrected chi connectivity index (χ0v) is 12.4. The molecule has 0 saturated heterocycles. The van der Waals surface area contributed by atoms with Gasteiger partial charge in [0.2, 0.25) is 0 Å². The van der Waals surface area contributed by atoms with Crippen LogP contribution < -0.4 is 5.32 Å². The number of hydrogen-bond donors (Lipinski definition) is 1. The van der Waals surface area contributed by atoms with Gasteiger partial charge in [-0.3, -0.25) is 4.21 Å². The minimum atomic E-state index is -0.832. The molecule has 0 amide bonds. The van der Waals surface area contributed by atoms with Crippen LogP contribution in [0.25, 0.3) is 22.5 Å². The van der Waals surface area contributed by atoms with E-state index < -0.39 is 10.8 Å². The molecule has 3 aromatic rings. The van der Waals surface area contributed by atoms with Gasteiger partial charge in [0.1, 0.15) is 5.82 Å².